The Morgan fingerprint density at radius 1 is 0.737 bits per heavy atom. The van der Waals surface area contributed by atoms with Crippen molar-refractivity contribution in [2.75, 3.05) is 19.7 Å². The van der Waals surface area contributed by atoms with Gasteiger partial charge in [-0.1, -0.05) is 35.4 Å². The molecule has 0 spiro atoms. The van der Waals surface area contributed by atoms with Crippen LogP contribution < -0.4 is 14.8 Å². The topological polar surface area (TPSA) is 145 Å². The maximum absolute atomic E-state index is 12.3. The SMILES string of the molecule is Cc1ccc(C(=O)Oc2ccc(C(=O)COC(=O)CNC(=O)CNS(=O)(=O)c3ccc(C)cc3)cc2)cc1. The van der Waals surface area contributed by atoms with Crippen LogP contribution in [0.25, 0.3) is 0 Å². The second-order valence-corrected chi connectivity index (χ2v) is 10.0. The van der Waals surface area contributed by atoms with Gasteiger partial charge in [0.1, 0.15) is 12.3 Å². The molecule has 10 nitrogen and oxygen atoms in total. The van der Waals surface area contributed by atoms with E-state index in [1.165, 1.54) is 36.4 Å². The predicted octanol–water partition coefficient (Wildman–Crippen LogP) is 2.34. The van der Waals surface area contributed by atoms with Crippen molar-refractivity contribution in [1.29, 1.82) is 0 Å². The van der Waals surface area contributed by atoms with E-state index in [4.69, 9.17) is 9.47 Å². The van der Waals surface area contributed by atoms with Crippen LogP contribution in [0.2, 0.25) is 0 Å². The second-order valence-electron chi connectivity index (χ2n) is 8.28. The van der Waals surface area contributed by atoms with Crippen molar-refractivity contribution in [3.63, 3.8) is 0 Å². The Bertz CT molecular complexity index is 1420. The lowest BCUT2D eigenvalue weighted by Crippen LogP contribution is -2.39. The molecule has 0 aromatic heterocycles. The number of nitrogens with one attached hydrogen (secondary N) is 2. The Hall–Kier alpha value is -4.35. The van der Waals surface area contributed by atoms with Crippen LogP contribution >= 0.6 is 0 Å². The molecule has 0 atom stereocenters. The molecule has 0 aliphatic carbocycles. The van der Waals surface area contributed by atoms with E-state index in [0.717, 1.165) is 11.1 Å². The van der Waals surface area contributed by atoms with Gasteiger partial charge in [0, 0.05) is 5.56 Å². The van der Waals surface area contributed by atoms with Crippen molar-refractivity contribution in [3.8, 4) is 5.75 Å². The normalized spacial score (nSPS) is 10.9. The highest BCUT2D eigenvalue weighted by molar-refractivity contribution is 7.89. The smallest absolute Gasteiger partial charge is 0.343 e. The molecule has 0 fully saturated rings. The number of esters is 2. The summed E-state index contributed by atoms with van der Waals surface area (Å²) in [5, 5.41) is 2.22. The molecule has 0 saturated carbocycles. The number of aryl methyl sites for hydroxylation is 2. The Labute approximate surface area is 220 Å². The monoisotopic (exact) mass is 538 g/mol. The standard InChI is InChI=1S/C27H26N2O8S/c1-18-3-7-21(8-4-18)27(33)37-22-11-9-20(10-12-22)24(30)17-36-26(32)16-28-25(31)15-29-38(34,35)23-13-5-19(2)6-14-23/h3-14,29H,15-17H2,1-2H3,(H,28,31). The summed E-state index contributed by atoms with van der Waals surface area (Å²) in [4.78, 5) is 48.3. The van der Waals surface area contributed by atoms with Gasteiger partial charge in [-0.15, -0.1) is 0 Å². The third kappa shape index (κ3) is 8.36. The van der Waals surface area contributed by atoms with Crippen LogP contribution in [0.5, 0.6) is 5.75 Å². The number of amides is 1. The summed E-state index contributed by atoms with van der Waals surface area (Å²) in [6, 6.07) is 18.7. The molecule has 0 radical (unpaired) electrons. The average Bonchev–Trinajstić information content (AvgIpc) is 2.90. The van der Waals surface area contributed by atoms with E-state index in [-0.39, 0.29) is 16.2 Å². The largest absolute Gasteiger partial charge is 0.456 e. The third-order valence-electron chi connectivity index (χ3n) is 5.22. The number of carbonyl (C=O) groups excluding carboxylic acids is 4. The first-order valence-electron chi connectivity index (χ1n) is 11.4. The van der Waals surface area contributed by atoms with E-state index >= 15 is 0 Å². The van der Waals surface area contributed by atoms with Crippen LogP contribution in [0.3, 0.4) is 0 Å². The second kappa shape index (κ2) is 12.7. The van der Waals surface area contributed by atoms with Gasteiger partial charge in [0.15, 0.2) is 12.4 Å². The van der Waals surface area contributed by atoms with E-state index in [1.54, 1.807) is 36.4 Å². The molecule has 0 unspecified atom stereocenters. The molecule has 2 N–H and O–H groups in total. The van der Waals surface area contributed by atoms with Crippen LogP contribution in [0.15, 0.2) is 77.7 Å². The molecule has 11 heteroatoms. The highest BCUT2D eigenvalue weighted by atomic mass is 32.2. The summed E-state index contributed by atoms with van der Waals surface area (Å²) in [7, 11) is -3.89. The summed E-state index contributed by atoms with van der Waals surface area (Å²) in [5.41, 5.74) is 2.50. The van der Waals surface area contributed by atoms with Gasteiger partial charge in [-0.25, -0.2) is 17.9 Å². The molecule has 1 amide bonds. The zero-order chi connectivity index (χ0) is 27.7. The lowest BCUT2D eigenvalue weighted by atomic mass is 10.1. The number of benzene rings is 3. The lowest BCUT2D eigenvalue weighted by molar-refractivity contribution is -0.142. The molecule has 3 aromatic rings. The summed E-state index contributed by atoms with van der Waals surface area (Å²) < 4.78 is 36.7. The van der Waals surface area contributed by atoms with Crippen molar-refractivity contribution in [2.45, 2.75) is 18.7 Å². The minimum atomic E-state index is -3.89. The van der Waals surface area contributed by atoms with Crippen LogP contribution in [-0.2, 0) is 24.3 Å². The molecule has 3 aromatic carbocycles. The van der Waals surface area contributed by atoms with E-state index in [9.17, 15) is 27.6 Å². The fourth-order valence-electron chi connectivity index (χ4n) is 3.04. The molecule has 0 bridgehead atoms. The molecular formula is C27H26N2O8S. The van der Waals surface area contributed by atoms with Crippen molar-refractivity contribution in [3.05, 3.63) is 95.1 Å². The molecule has 0 heterocycles. The van der Waals surface area contributed by atoms with Crippen LogP contribution in [-0.4, -0.2) is 51.7 Å². The Morgan fingerprint density at radius 3 is 1.89 bits per heavy atom. The van der Waals surface area contributed by atoms with E-state index < -0.39 is 53.3 Å². The first-order valence-corrected chi connectivity index (χ1v) is 12.9. The van der Waals surface area contributed by atoms with E-state index in [2.05, 4.69) is 10.0 Å². The predicted molar refractivity (Wildman–Crippen MR) is 137 cm³/mol. The van der Waals surface area contributed by atoms with Gasteiger partial charge in [-0.05, 0) is 62.4 Å². The minimum absolute atomic E-state index is 0.00582. The number of Topliss-reactive ketones (excluding diaryl/α,β-unsaturated/α-hetero) is 1. The fourth-order valence-corrected chi connectivity index (χ4v) is 4.02. The molecule has 198 valence electrons. The maximum atomic E-state index is 12.3. The number of hydrogen-bond acceptors (Lipinski definition) is 8. The molecule has 38 heavy (non-hydrogen) atoms. The number of hydrogen-bond donors (Lipinski definition) is 2. The van der Waals surface area contributed by atoms with Crippen LogP contribution in [0, 0.1) is 13.8 Å². The zero-order valence-corrected chi connectivity index (χ0v) is 21.5. The number of ether oxygens (including phenoxy) is 2. The molecule has 3 rings (SSSR count). The Balaban J connectivity index is 1.39. The van der Waals surface area contributed by atoms with Gasteiger partial charge in [-0.2, -0.15) is 0 Å². The van der Waals surface area contributed by atoms with Crippen molar-refractivity contribution < 1.29 is 37.1 Å². The van der Waals surface area contributed by atoms with Gasteiger partial charge in [-0.3, -0.25) is 14.4 Å². The highest BCUT2D eigenvalue weighted by Crippen LogP contribution is 2.15. The first kappa shape index (κ1) is 28.2. The van der Waals surface area contributed by atoms with Crippen LogP contribution in [0.4, 0.5) is 0 Å². The van der Waals surface area contributed by atoms with Crippen molar-refractivity contribution in [1.82, 2.24) is 10.0 Å². The average molecular weight is 539 g/mol. The Morgan fingerprint density at radius 2 is 1.29 bits per heavy atom. The molecular weight excluding hydrogens is 512 g/mol. The van der Waals surface area contributed by atoms with Gasteiger partial charge < -0.3 is 14.8 Å². The summed E-state index contributed by atoms with van der Waals surface area (Å²) in [6.45, 7) is 2.01. The van der Waals surface area contributed by atoms with Gasteiger partial charge in [0.25, 0.3) is 0 Å². The van der Waals surface area contributed by atoms with Gasteiger partial charge >= 0.3 is 11.9 Å². The fraction of sp³-hybridized carbons (Fsp3) is 0.185. The molecule has 0 aliphatic rings. The molecule has 0 saturated heterocycles. The number of ketones is 1. The Kier molecular flexibility index (Phi) is 9.47. The third-order valence-corrected chi connectivity index (χ3v) is 6.64. The van der Waals surface area contributed by atoms with Gasteiger partial charge in [0.05, 0.1) is 17.0 Å². The number of sulfonamides is 1. The molecule has 0 aliphatic heterocycles. The lowest BCUT2D eigenvalue weighted by Gasteiger charge is -2.09. The number of carbonyl (C=O) groups is 4. The van der Waals surface area contributed by atoms with E-state index in [1.807, 2.05) is 13.8 Å². The summed E-state index contributed by atoms with van der Waals surface area (Å²) in [5.74, 6) is -2.43. The summed E-state index contributed by atoms with van der Waals surface area (Å²) >= 11 is 0. The maximum Gasteiger partial charge on any atom is 0.343 e. The quantitative estimate of drug-likeness (QED) is 0.215. The van der Waals surface area contributed by atoms with Crippen LogP contribution in [0.1, 0.15) is 31.8 Å². The van der Waals surface area contributed by atoms with E-state index in [0.29, 0.717) is 5.56 Å². The first-order chi connectivity index (χ1) is 18.0. The zero-order valence-electron chi connectivity index (χ0n) is 20.7. The van der Waals surface area contributed by atoms with Crippen molar-refractivity contribution >= 4 is 33.7 Å². The number of rotatable bonds is 11. The highest BCUT2D eigenvalue weighted by Gasteiger charge is 2.16. The summed E-state index contributed by atoms with van der Waals surface area (Å²) in [6.07, 6.45) is 0. The van der Waals surface area contributed by atoms with Crippen molar-refractivity contribution in [2.24, 2.45) is 0 Å². The minimum Gasteiger partial charge on any atom is -0.456 e. The van der Waals surface area contributed by atoms with Gasteiger partial charge in [0.2, 0.25) is 15.9 Å².